The van der Waals surface area contributed by atoms with Crippen molar-refractivity contribution in [2.75, 3.05) is 18.0 Å². The van der Waals surface area contributed by atoms with Gasteiger partial charge in [0.15, 0.2) is 0 Å². The summed E-state index contributed by atoms with van der Waals surface area (Å²) in [5, 5.41) is 3.60. The second-order valence-corrected chi connectivity index (χ2v) is 7.23. The highest BCUT2D eigenvalue weighted by atomic mass is 32.2. The number of nitrogens with zero attached hydrogens (tertiary/aromatic N) is 1. The number of para-hydroxylation sites is 1. The minimum Gasteiger partial charge on any atom is -0.340 e. The average molecular weight is 324 g/mol. The van der Waals surface area contributed by atoms with Crippen molar-refractivity contribution < 1.29 is 0 Å². The topological polar surface area (TPSA) is 15.3 Å². The molecule has 0 spiro atoms. The molecule has 2 aromatic carbocycles. The minimum absolute atomic E-state index is 0.593. The van der Waals surface area contributed by atoms with E-state index in [0.29, 0.717) is 6.04 Å². The average Bonchev–Trinajstić information content (AvgIpc) is 2.57. The maximum atomic E-state index is 3.60. The standard InChI is InChI=1S/C19H25BN2S/c1-3-15(21-4-2)11-12-22-16-7-5-6-8-18(16)23-19-13-14(20)9-10-17(19)22/h5-10,13,15,21H,3-4,11-12,20H2,1-2H3. The van der Waals surface area contributed by atoms with Crippen molar-refractivity contribution in [3.8, 4) is 0 Å². The Morgan fingerprint density at radius 2 is 1.87 bits per heavy atom. The fourth-order valence-corrected chi connectivity index (χ4v) is 4.40. The molecule has 0 aliphatic carbocycles. The number of fused-ring (bicyclic) bond motifs is 2. The first-order chi connectivity index (χ1) is 11.2. The summed E-state index contributed by atoms with van der Waals surface area (Å²) in [7, 11) is 2.17. The quantitative estimate of drug-likeness (QED) is 0.821. The molecule has 2 aromatic rings. The lowest BCUT2D eigenvalue weighted by molar-refractivity contribution is 0.484. The van der Waals surface area contributed by atoms with Gasteiger partial charge in [0.1, 0.15) is 7.85 Å². The Hall–Kier alpha value is -1.39. The van der Waals surface area contributed by atoms with Crippen LogP contribution in [0.1, 0.15) is 26.7 Å². The Morgan fingerprint density at radius 3 is 2.65 bits per heavy atom. The molecule has 1 N–H and O–H groups in total. The van der Waals surface area contributed by atoms with Crippen molar-refractivity contribution >= 4 is 36.4 Å². The van der Waals surface area contributed by atoms with Crippen LogP contribution >= 0.6 is 11.8 Å². The van der Waals surface area contributed by atoms with Gasteiger partial charge in [-0.25, -0.2) is 0 Å². The third-order valence-corrected chi connectivity index (χ3v) is 5.58. The molecule has 1 aliphatic rings. The van der Waals surface area contributed by atoms with Crippen LogP contribution in [0.15, 0.2) is 52.3 Å². The highest BCUT2D eigenvalue weighted by Gasteiger charge is 2.23. The number of hydrogen-bond acceptors (Lipinski definition) is 3. The highest BCUT2D eigenvalue weighted by Crippen LogP contribution is 2.47. The lowest BCUT2D eigenvalue weighted by Crippen LogP contribution is -2.33. The van der Waals surface area contributed by atoms with E-state index in [1.165, 1.54) is 33.0 Å². The van der Waals surface area contributed by atoms with Crippen LogP contribution < -0.4 is 15.7 Å². The van der Waals surface area contributed by atoms with Gasteiger partial charge in [-0.05, 0) is 37.6 Å². The van der Waals surface area contributed by atoms with E-state index in [4.69, 9.17) is 0 Å². The molecule has 0 fully saturated rings. The van der Waals surface area contributed by atoms with Gasteiger partial charge in [0.05, 0.1) is 11.4 Å². The van der Waals surface area contributed by atoms with E-state index < -0.39 is 0 Å². The maximum Gasteiger partial charge on any atom is 0.139 e. The maximum absolute atomic E-state index is 3.60. The van der Waals surface area contributed by atoms with Crippen LogP contribution in [0.4, 0.5) is 11.4 Å². The van der Waals surface area contributed by atoms with E-state index in [-0.39, 0.29) is 0 Å². The van der Waals surface area contributed by atoms with Crippen molar-refractivity contribution in [2.24, 2.45) is 0 Å². The zero-order valence-electron chi connectivity index (χ0n) is 14.3. The molecule has 0 bridgehead atoms. The van der Waals surface area contributed by atoms with Gasteiger partial charge in [-0.3, -0.25) is 0 Å². The molecular weight excluding hydrogens is 299 g/mol. The second kappa shape index (κ2) is 7.46. The van der Waals surface area contributed by atoms with Crippen LogP contribution in [0.3, 0.4) is 0 Å². The summed E-state index contributed by atoms with van der Waals surface area (Å²) in [5.41, 5.74) is 4.03. The Bertz CT molecular complexity index is 674. The predicted octanol–water partition coefficient (Wildman–Crippen LogP) is 3.33. The molecule has 0 saturated carbocycles. The van der Waals surface area contributed by atoms with Crippen LogP contribution in [-0.4, -0.2) is 27.0 Å². The third-order valence-electron chi connectivity index (χ3n) is 4.47. The zero-order chi connectivity index (χ0) is 16.2. The van der Waals surface area contributed by atoms with Crippen molar-refractivity contribution in [3.05, 3.63) is 42.5 Å². The van der Waals surface area contributed by atoms with Crippen molar-refractivity contribution in [1.82, 2.24) is 5.32 Å². The Morgan fingerprint density at radius 1 is 1.09 bits per heavy atom. The van der Waals surface area contributed by atoms with Crippen LogP contribution in [-0.2, 0) is 0 Å². The first kappa shape index (κ1) is 16.5. The Kier molecular flexibility index (Phi) is 5.34. The smallest absolute Gasteiger partial charge is 0.139 e. The lowest BCUT2D eigenvalue weighted by Gasteiger charge is -2.34. The second-order valence-electron chi connectivity index (χ2n) is 6.14. The largest absolute Gasteiger partial charge is 0.340 e. The fraction of sp³-hybridized carbons (Fsp3) is 0.368. The van der Waals surface area contributed by atoms with Gasteiger partial charge in [-0.1, -0.05) is 55.3 Å². The molecule has 1 unspecified atom stereocenters. The first-order valence-corrected chi connectivity index (χ1v) is 9.43. The van der Waals surface area contributed by atoms with Gasteiger partial charge in [-0.2, -0.15) is 0 Å². The van der Waals surface area contributed by atoms with Gasteiger partial charge in [0.25, 0.3) is 0 Å². The van der Waals surface area contributed by atoms with Crippen LogP contribution in [0.5, 0.6) is 0 Å². The van der Waals surface area contributed by atoms with Crippen LogP contribution in [0.25, 0.3) is 0 Å². The number of hydrogen-bond donors (Lipinski definition) is 1. The van der Waals surface area contributed by atoms with Crippen LogP contribution in [0, 0.1) is 0 Å². The molecule has 1 aliphatic heterocycles. The van der Waals surface area contributed by atoms with Crippen molar-refractivity contribution in [2.45, 2.75) is 42.5 Å². The third kappa shape index (κ3) is 3.59. The highest BCUT2D eigenvalue weighted by molar-refractivity contribution is 7.99. The normalized spacial score (nSPS) is 14.3. The summed E-state index contributed by atoms with van der Waals surface area (Å²) in [6.07, 6.45) is 2.34. The minimum atomic E-state index is 0.593. The molecule has 1 heterocycles. The summed E-state index contributed by atoms with van der Waals surface area (Å²) in [5.74, 6) is 0. The van der Waals surface area contributed by atoms with E-state index in [9.17, 15) is 0 Å². The first-order valence-electron chi connectivity index (χ1n) is 8.61. The van der Waals surface area contributed by atoms with Gasteiger partial charge in [-0.15, -0.1) is 0 Å². The molecule has 4 heteroatoms. The van der Waals surface area contributed by atoms with Gasteiger partial charge in [0, 0.05) is 22.4 Å². The Labute approximate surface area is 145 Å². The van der Waals surface area contributed by atoms with Gasteiger partial charge < -0.3 is 10.2 Å². The molecular formula is C19H25BN2S. The Balaban J connectivity index is 1.89. The molecule has 2 nitrogen and oxygen atoms in total. The van der Waals surface area contributed by atoms with Crippen molar-refractivity contribution in [3.63, 3.8) is 0 Å². The van der Waals surface area contributed by atoms with Crippen molar-refractivity contribution in [1.29, 1.82) is 0 Å². The van der Waals surface area contributed by atoms with E-state index in [1.807, 2.05) is 11.8 Å². The lowest BCUT2D eigenvalue weighted by atomic mass is 9.96. The summed E-state index contributed by atoms with van der Waals surface area (Å²) in [6, 6.07) is 16.2. The summed E-state index contributed by atoms with van der Waals surface area (Å²) >= 11 is 1.89. The SMILES string of the molecule is Bc1ccc2c(c1)Sc1ccccc1N2CCC(CC)NCC. The molecule has 0 amide bonds. The van der Waals surface area contributed by atoms with E-state index in [0.717, 1.165) is 19.5 Å². The zero-order valence-corrected chi connectivity index (χ0v) is 15.1. The summed E-state index contributed by atoms with van der Waals surface area (Å²) in [6.45, 7) is 6.55. The van der Waals surface area contributed by atoms with Crippen LogP contribution in [0.2, 0.25) is 0 Å². The van der Waals surface area contributed by atoms with E-state index in [1.54, 1.807) is 0 Å². The van der Waals surface area contributed by atoms with E-state index >= 15 is 0 Å². The number of anilines is 2. The van der Waals surface area contributed by atoms with E-state index in [2.05, 4.69) is 74.4 Å². The molecule has 1 atom stereocenters. The molecule has 3 rings (SSSR count). The fourth-order valence-electron chi connectivity index (χ4n) is 3.21. The summed E-state index contributed by atoms with van der Waals surface area (Å²) < 4.78 is 0. The molecule has 23 heavy (non-hydrogen) atoms. The molecule has 0 aromatic heterocycles. The number of nitrogens with one attached hydrogen (secondary N) is 1. The number of rotatable bonds is 6. The summed E-state index contributed by atoms with van der Waals surface area (Å²) in [4.78, 5) is 5.24. The molecule has 0 radical (unpaired) electrons. The number of benzene rings is 2. The monoisotopic (exact) mass is 324 g/mol. The molecule has 0 saturated heterocycles. The molecule has 120 valence electrons. The predicted molar refractivity (Wildman–Crippen MR) is 105 cm³/mol. The van der Waals surface area contributed by atoms with Gasteiger partial charge >= 0.3 is 0 Å². The van der Waals surface area contributed by atoms with Gasteiger partial charge in [0.2, 0.25) is 0 Å².